The maximum absolute atomic E-state index is 12.0. The first-order valence-corrected chi connectivity index (χ1v) is 7.99. The second-order valence-electron chi connectivity index (χ2n) is 6.83. The van der Waals surface area contributed by atoms with Gasteiger partial charge in [-0.2, -0.15) is 5.10 Å². The summed E-state index contributed by atoms with van der Waals surface area (Å²) in [5.74, 6) is 0.285. The van der Waals surface area contributed by atoms with Gasteiger partial charge in [0, 0.05) is 44.4 Å². The van der Waals surface area contributed by atoms with Crippen LogP contribution in [0.5, 0.6) is 0 Å². The molecule has 21 heavy (non-hydrogen) atoms. The van der Waals surface area contributed by atoms with E-state index in [0.29, 0.717) is 6.42 Å². The summed E-state index contributed by atoms with van der Waals surface area (Å²) < 4.78 is 1.98. The molecule has 1 aromatic rings. The van der Waals surface area contributed by atoms with Gasteiger partial charge < -0.3 is 10.2 Å². The molecule has 2 rings (SSSR count). The highest BCUT2D eigenvalue weighted by molar-refractivity contribution is 5.76. The first kappa shape index (κ1) is 16.0. The van der Waals surface area contributed by atoms with Crippen LogP contribution >= 0.6 is 0 Å². The van der Waals surface area contributed by atoms with Crippen molar-refractivity contribution in [3.8, 4) is 0 Å². The smallest absolute Gasteiger partial charge is 0.223 e. The standard InChI is InChI=1S/C16H28N4O/c1-16(2,3)20-13-14(12-18-20)11-17-8-7-15(21)19-9-5-4-6-10-19/h12-13,17H,4-11H2,1-3H3. The van der Waals surface area contributed by atoms with Gasteiger partial charge in [0.15, 0.2) is 0 Å². The Hall–Kier alpha value is -1.36. The van der Waals surface area contributed by atoms with Crippen molar-refractivity contribution in [1.29, 1.82) is 0 Å². The lowest BCUT2D eigenvalue weighted by Crippen LogP contribution is -2.37. The summed E-state index contributed by atoms with van der Waals surface area (Å²) in [6.45, 7) is 9.78. The lowest BCUT2D eigenvalue weighted by Gasteiger charge is -2.26. The Bertz CT molecular complexity index is 455. The zero-order valence-corrected chi connectivity index (χ0v) is 13.6. The predicted octanol–water partition coefficient (Wildman–Crippen LogP) is 2.13. The molecule has 118 valence electrons. The molecule has 1 amide bonds. The van der Waals surface area contributed by atoms with Crippen molar-refractivity contribution in [3.05, 3.63) is 18.0 Å². The van der Waals surface area contributed by atoms with Crippen molar-refractivity contribution in [3.63, 3.8) is 0 Å². The lowest BCUT2D eigenvalue weighted by molar-refractivity contribution is -0.131. The number of piperidine rings is 1. The number of hydrogen-bond donors (Lipinski definition) is 1. The van der Waals surface area contributed by atoms with Gasteiger partial charge >= 0.3 is 0 Å². The van der Waals surface area contributed by atoms with Gasteiger partial charge in [0.2, 0.25) is 5.91 Å². The highest BCUT2D eigenvalue weighted by atomic mass is 16.2. The Labute approximate surface area is 127 Å². The first-order chi connectivity index (χ1) is 9.97. The van der Waals surface area contributed by atoms with Gasteiger partial charge in [0.1, 0.15) is 0 Å². The van der Waals surface area contributed by atoms with E-state index in [1.54, 1.807) is 0 Å². The van der Waals surface area contributed by atoms with Crippen LogP contribution in [-0.4, -0.2) is 40.2 Å². The number of rotatable bonds is 5. The molecule has 2 heterocycles. The van der Waals surface area contributed by atoms with Crippen LogP contribution in [0.1, 0.15) is 52.0 Å². The summed E-state index contributed by atoms with van der Waals surface area (Å²) in [6.07, 6.45) is 8.13. The number of nitrogens with zero attached hydrogens (tertiary/aromatic N) is 3. The molecule has 0 unspecified atom stereocenters. The van der Waals surface area contributed by atoms with Crippen LogP contribution in [0.4, 0.5) is 0 Å². The molecule has 1 aliphatic rings. The summed E-state index contributed by atoms with van der Waals surface area (Å²) in [5.41, 5.74) is 1.18. The first-order valence-electron chi connectivity index (χ1n) is 7.99. The fourth-order valence-corrected chi connectivity index (χ4v) is 2.55. The fraction of sp³-hybridized carbons (Fsp3) is 0.750. The van der Waals surface area contributed by atoms with Crippen molar-refractivity contribution in [2.24, 2.45) is 0 Å². The lowest BCUT2D eigenvalue weighted by atomic mass is 10.1. The average molecular weight is 292 g/mol. The second-order valence-corrected chi connectivity index (χ2v) is 6.83. The van der Waals surface area contributed by atoms with Crippen LogP contribution in [-0.2, 0) is 16.9 Å². The van der Waals surface area contributed by atoms with Crippen molar-refractivity contribution in [2.45, 2.75) is 58.5 Å². The van der Waals surface area contributed by atoms with E-state index in [1.165, 1.54) is 6.42 Å². The number of carbonyl (C=O) groups excluding carboxylic acids is 1. The number of likely N-dealkylation sites (tertiary alicyclic amines) is 1. The topological polar surface area (TPSA) is 50.2 Å². The largest absolute Gasteiger partial charge is 0.343 e. The summed E-state index contributed by atoms with van der Waals surface area (Å²) in [5, 5.41) is 7.71. The number of nitrogens with one attached hydrogen (secondary N) is 1. The van der Waals surface area contributed by atoms with Crippen molar-refractivity contribution >= 4 is 5.91 Å². The molecular weight excluding hydrogens is 264 g/mol. The van der Waals surface area contributed by atoms with Gasteiger partial charge in [-0.25, -0.2) is 0 Å². The fourth-order valence-electron chi connectivity index (χ4n) is 2.55. The van der Waals surface area contributed by atoms with Crippen LogP contribution in [0.3, 0.4) is 0 Å². The van der Waals surface area contributed by atoms with E-state index in [4.69, 9.17) is 0 Å². The molecule has 1 aromatic heterocycles. The quantitative estimate of drug-likeness (QED) is 0.846. The van der Waals surface area contributed by atoms with Crippen molar-refractivity contribution < 1.29 is 4.79 Å². The summed E-state index contributed by atoms with van der Waals surface area (Å²) in [4.78, 5) is 14.0. The molecule has 5 heteroatoms. The van der Waals surface area contributed by atoms with E-state index in [0.717, 1.165) is 44.6 Å². The summed E-state index contributed by atoms with van der Waals surface area (Å²) >= 11 is 0. The third-order valence-corrected chi connectivity index (χ3v) is 3.88. The SMILES string of the molecule is CC(C)(C)n1cc(CNCCC(=O)N2CCCCC2)cn1. The molecule has 0 aromatic carbocycles. The highest BCUT2D eigenvalue weighted by Crippen LogP contribution is 2.13. The molecule has 0 atom stereocenters. The van der Waals surface area contributed by atoms with Crippen LogP contribution in [0.15, 0.2) is 12.4 Å². The molecule has 0 bridgehead atoms. The van der Waals surface area contributed by atoms with Crippen molar-refractivity contribution in [2.75, 3.05) is 19.6 Å². The van der Waals surface area contributed by atoms with Crippen LogP contribution in [0, 0.1) is 0 Å². The van der Waals surface area contributed by atoms with Crippen LogP contribution < -0.4 is 5.32 Å². The Morgan fingerprint density at radius 3 is 2.62 bits per heavy atom. The van der Waals surface area contributed by atoms with Gasteiger partial charge in [-0.15, -0.1) is 0 Å². The number of amides is 1. The highest BCUT2D eigenvalue weighted by Gasteiger charge is 2.16. The second kappa shape index (κ2) is 7.07. The number of hydrogen-bond acceptors (Lipinski definition) is 3. The average Bonchev–Trinajstić information content (AvgIpc) is 2.93. The molecule has 1 aliphatic heterocycles. The third kappa shape index (κ3) is 4.84. The van der Waals surface area contributed by atoms with Crippen LogP contribution in [0.2, 0.25) is 0 Å². The molecule has 5 nitrogen and oxygen atoms in total. The predicted molar refractivity (Wildman–Crippen MR) is 84.0 cm³/mol. The minimum absolute atomic E-state index is 0.0163. The van der Waals surface area contributed by atoms with E-state index < -0.39 is 0 Å². The van der Waals surface area contributed by atoms with Gasteiger partial charge in [0.25, 0.3) is 0 Å². The molecular formula is C16H28N4O. The molecule has 1 fully saturated rings. The maximum atomic E-state index is 12.0. The minimum atomic E-state index is 0.0163. The maximum Gasteiger partial charge on any atom is 0.223 e. The van der Waals surface area contributed by atoms with E-state index in [9.17, 15) is 4.79 Å². The van der Waals surface area contributed by atoms with E-state index >= 15 is 0 Å². The summed E-state index contributed by atoms with van der Waals surface area (Å²) in [6, 6.07) is 0. The number of carbonyl (C=O) groups is 1. The minimum Gasteiger partial charge on any atom is -0.343 e. The normalized spacial score (nSPS) is 16.2. The van der Waals surface area contributed by atoms with Gasteiger partial charge in [0.05, 0.1) is 11.7 Å². The summed E-state index contributed by atoms with van der Waals surface area (Å²) in [7, 11) is 0. The molecule has 0 spiro atoms. The van der Waals surface area contributed by atoms with Gasteiger partial charge in [-0.1, -0.05) is 0 Å². The van der Waals surface area contributed by atoms with Gasteiger partial charge in [-0.3, -0.25) is 9.48 Å². The number of aromatic nitrogens is 2. The monoisotopic (exact) mass is 292 g/mol. The third-order valence-electron chi connectivity index (χ3n) is 3.88. The Morgan fingerprint density at radius 1 is 1.29 bits per heavy atom. The molecule has 0 aliphatic carbocycles. The zero-order chi connectivity index (χ0) is 15.3. The Balaban J connectivity index is 1.67. The van der Waals surface area contributed by atoms with Gasteiger partial charge in [-0.05, 0) is 40.0 Å². The van der Waals surface area contributed by atoms with Crippen LogP contribution in [0.25, 0.3) is 0 Å². The molecule has 1 N–H and O–H groups in total. The molecule has 0 radical (unpaired) electrons. The molecule has 0 saturated carbocycles. The Kier molecular flexibility index (Phi) is 5.39. The van der Waals surface area contributed by atoms with E-state index in [1.807, 2.05) is 15.8 Å². The van der Waals surface area contributed by atoms with E-state index in [-0.39, 0.29) is 11.4 Å². The molecule has 1 saturated heterocycles. The van der Waals surface area contributed by atoms with E-state index in [2.05, 4.69) is 37.4 Å². The zero-order valence-electron chi connectivity index (χ0n) is 13.6. The Morgan fingerprint density at radius 2 is 2.00 bits per heavy atom. The van der Waals surface area contributed by atoms with Crippen molar-refractivity contribution in [1.82, 2.24) is 20.0 Å².